The Kier molecular flexibility index (Phi) is 5.77. The Morgan fingerprint density at radius 1 is 1.12 bits per heavy atom. The van der Waals surface area contributed by atoms with Crippen LogP contribution in [0.3, 0.4) is 0 Å². The molecule has 0 aliphatic rings. The molecule has 3 N–H and O–H groups in total. The molecule has 0 bridgehead atoms. The Morgan fingerprint density at radius 3 is 2.79 bits per heavy atom. The lowest BCUT2D eigenvalue weighted by molar-refractivity contribution is 0.413. The summed E-state index contributed by atoms with van der Waals surface area (Å²) >= 11 is 2.31. The third-order valence-electron chi connectivity index (χ3n) is 5.34. The summed E-state index contributed by atoms with van der Waals surface area (Å²) in [5, 5.41) is 16.8. The van der Waals surface area contributed by atoms with Crippen LogP contribution in [0.1, 0.15) is 24.4 Å². The molecule has 5 rings (SSSR count). The lowest BCUT2D eigenvalue weighted by atomic mass is 10.1. The summed E-state index contributed by atoms with van der Waals surface area (Å²) in [5.41, 5.74) is 12.0. The largest absolute Gasteiger partial charge is 0.495 e. The van der Waals surface area contributed by atoms with Crippen LogP contribution in [0.4, 0.5) is 5.69 Å². The summed E-state index contributed by atoms with van der Waals surface area (Å²) in [4.78, 5) is 8.86. The molecule has 0 radical (unpaired) electrons. The van der Waals surface area contributed by atoms with Crippen LogP contribution in [0.25, 0.3) is 27.9 Å². The molecular formula is C23H21IN8O. The maximum absolute atomic E-state index is 6.05. The van der Waals surface area contributed by atoms with Gasteiger partial charge < -0.3 is 15.8 Å². The van der Waals surface area contributed by atoms with Gasteiger partial charge in [-0.3, -0.25) is 4.98 Å². The Labute approximate surface area is 203 Å². The highest BCUT2D eigenvalue weighted by Gasteiger charge is 2.12. The standard InChI is InChI=1S/C23H21IN8O/c1-13(25)16-4-3-14(9-17(16)24)18-5-6-21-29-30-22(32(21)31-18)12-27-19-7-8-26-20-10-15(33-2)11-28-23(19)20/h3-11,13H,12,25H2,1-2H3,(H,26,27). The van der Waals surface area contributed by atoms with Gasteiger partial charge in [-0.15, -0.1) is 10.2 Å². The average molecular weight is 552 g/mol. The summed E-state index contributed by atoms with van der Waals surface area (Å²) in [6.07, 6.45) is 3.41. The van der Waals surface area contributed by atoms with E-state index in [1.807, 2.05) is 37.3 Å². The number of hydrogen-bond donors (Lipinski definition) is 2. The molecule has 0 spiro atoms. The van der Waals surface area contributed by atoms with Crippen molar-refractivity contribution in [2.75, 3.05) is 12.4 Å². The average Bonchev–Trinajstić information content (AvgIpc) is 3.24. The van der Waals surface area contributed by atoms with Gasteiger partial charge in [0.15, 0.2) is 11.5 Å². The van der Waals surface area contributed by atoms with E-state index in [2.05, 4.69) is 60.2 Å². The SMILES string of the molecule is COc1cnc2c(NCc3nnc4ccc(-c5ccc(C(C)N)c(I)c5)nn34)ccnc2c1. The second-order valence-electron chi connectivity index (χ2n) is 7.58. The fourth-order valence-corrected chi connectivity index (χ4v) is 4.60. The van der Waals surface area contributed by atoms with Crippen LogP contribution in [0.2, 0.25) is 0 Å². The van der Waals surface area contributed by atoms with Crippen molar-refractivity contribution in [1.29, 1.82) is 0 Å². The summed E-state index contributed by atoms with van der Waals surface area (Å²) in [6.45, 7) is 2.40. The van der Waals surface area contributed by atoms with Crippen molar-refractivity contribution >= 4 is 45.0 Å². The highest BCUT2D eigenvalue weighted by Crippen LogP contribution is 2.26. The van der Waals surface area contributed by atoms with E-state index in [-0.39, 0.29) is 6.04 Å². The van der Waals surface area contributed by atoms with Crippen LogP contribution in [0, 0.1) is 3.57 Å². The van der Waals surface area contributed by atoms with E-state index in [0.29, 0.717) is 23.8 Å². The number of halogens is 1. The monoisotopic (exact) mass is 552 g/mol. The number of nitrogens with two attached hydrogens (primary N) is 1. The van der Waals surface area contributed by atoms with E-state index in [4.69, 9.17) is 15.6 Å². The van der Waals surface area contributed by atoms with E-state index >= 15 is 0 Å². The zero-order valence-electron chi connectivity index (χ0n) is 18.0. The normalized spacial score (nSPS) is 12.2. The fraction of sp³-hybridized carbons (Fsp3) is 0.174. The molecule has 33 heavy (non-hydrogen) atoms. The van der Waals surface area contributed by atoms with Gasteiger partial charge in [-0.2, -0.15) is 9.61 Å². The molecule has 5 aromatic rings. The highest BCUT2D eigenvalue weighted by atomic mass is 127. The summed E-state index contributed by atoms with van der Waals surface area (Å²) < 4.78 is 8.11. The molecule has 4 aromatic heterocycles. The van der Waals surface area contributed by atoms with E-state index in [1.165, 1.54) is 0 Å². The molecule has 9 nitrogen and oxygen atoms in total. The molecule has 0 fully saturated rings. The van der Waals surface area contributed by atoms with Crippen molar-refractivity contribution < 1.29 is 4.74 Å². The molecule has 1 atom stereocenters. The minimum Gasteiger partial charge on any atom is -0.495 e. The first kappa shape index (κ1) is 21.5. The second kappa shape index (κ2) is 8.87. The minimum absolute atomic E-state index is 0.0169. The number of pyridine rings is 2. The first-order valence-electron chi connectivity index (χ1n) is 10.3. The zero-order chi connectivity index (χ0) is 22.9. The number of methoxy groups -OCH3 is 1. The highest BCUT2D eigenvalue weighted by molar-refractivity contribution is 14.1. The molecule has 0 aliphatic carbocycles. The number of aromatic nitrogens is 6. The number of anilines is 1. The van der Waals surface area contributed by atoms with Crippen LogP contribution in [-0.4, -0.2) is 36.9 Å². The molecule has 0 amide bonds. The van der Waals surface area contributed by atoms with Crippen molar-refractivity contribution in [3.63, 3.8) is 0 Å². The number of nitrogens with zero attached hydrogens (tertiary/aromatic N) is 6. The number of hydrogen-bond acceptors (Lipinski definition) is 8. The summed E-state index contributed by atoms with van der Waals surface area (Å²) in [5.74, 6) is 1.35. The first-order valence-corrected chi connectivity index (χ1v) is 11.4. The van der Waals surface area contributed by atoms with Gasteiger partial charge in [0, 0.05) is 27.4 Å². The van der Waals surface area contributed by atoms with E-state index in [9.17, 15) is 0 Å². The summed E-state index contributed by atoms with van der Waals surface area (Å²) in [7, 11) is 1.61. The van der Waals surface area contributed by atoms with Crippen molar-refractivity contribution in [3.05, 3.63) is 69.8 Å². The minimum atomic E-state index is -0.0169. The van der Waals surface area contributed by atoms with Crippen molar-refractivity contribution in [2.24, 2.45) is 5.73 Å². The van der Waals surface area contributed by atoms with Crippen LogP contribution in [-0.2, 0) is 6.54 Å². The maximum Gasteiger partial charge on any atom is 0.178 e. The van der Waals surface area contributed by atoms with E-state index in [1.54, 1.807) is 24.0 Å². The fourth-order valence-electron chi connectivity index (χ4n) is 3.59. The molecule has 1 aromatic carbocycles. The number of rotatable bonds is 6. The van der Waals surface area contributed by atoms with Crippen LogP contribution >= 0.6 is 22.6 Å². The third kappa shape index (κ3) is 4.18. The van der Waals surface area contributed by atoms with Gasteiger partial charge in [0.05, 0.1) is 36.7 Å². The van der Waals surface area contributed by atoms with Gasteiger partial charge in [-0.1, -0.05) is 12.1 Å². The Hall–Kier alpha value is -3.38. The topological polar surface area (TPSA) is 116 Å². The van der Waals surface area contributed by atoms with Crippen LogP contribution < -0.4 is 15.8 Å². The quantitative estimate of drug-likeness (QED) is 0.304. The molecule has 4 heterocycles. The Bertz CT molecular complexity index is 1470. The first-order chi connectivity index (χ1) is 16.0. The lowest BCUT2D eigenvalue weighted by Crippen LogP contribution is -2.08. The Balaban J connectivity index is 1.44. The van der Waals surface area contributed by atoms with Gasteiger partial charge >= 0.3 is 0 Å². The molecule has 0 aliphatic heterocycles. The Morgan fingerprint density at radius 2 is 2.00 bits per heavy atom. The van der Waals surface area contributed by atoms with Gasteiger partial charge in [-0.25, -0.2) is 4.98 Å². The van der Waals surface area contributed by atoms with Crippen LogP contribution in [0.5, 0.6) is 5.75 Å². The molecule has 0 saturated heterocycles. The van der Waals surface area contributed by atoms with Crippen LogP contribution in [0.15, 0.2) is 54.9 Å². The predicted molar refractivity (Wildman–Crippen MR) is 135 cm³/mol. The third-order valence-corrected chi connectivity index (χ3v) is 6.27. The molecule has 166 valence electrons. The van der Waals surface area contributed by atoms with Gasteiger partial charge in [0.25, 0.3) is 0 Å². The van der Waals surface area contributed by atoms with Crippen molar-refractivity contribution in [2.45, 2.75) is 19.5 Å². The van der Waals surface area contributed by atoms with Crippen molar-refractivity contribution in [1.82, 2.24) is 29.8 Å². The maximum atomic E-state index is 6.05. The van der Waals surface area contributed by atoms with E-state index < -0.39 is 0 Å². The molecule has 1 unspecified atom stereocenters. The van der Waals surface area contributed by atoms with E-state index in [0.717, 1.165) is 37.1 Å². The number of nitrogens with one attached hydrogen (secondary N) is 1. The smallest absolute Gasteiger partial charge is 0.178 e. The van der Waals surface area contributed by atoms with Gasteiger partial charge in [0.2, 0.25) is 0 Å². The zero-order valence-corrected chi connectivity index (χ0v) is 20.2. The van der Waals surface area contributed by atoms with Crippen molar-refractivity contribution in [3.8, 4) is 17.0 Å². The van der Waals surface area contributed by atoms with Gasteiger partial charge in [0.1, 0.15) is 11.3 Å². The molecular weight excluding hydrogens is 531 g/mol. The lowest BCUT2D eigenvalue weighted by Gasteiger charge is -2.11. The summed E-state index contributed by atoms with van der Waals surface area (Å²) in [6, 6.07) is 13.8. The number of fused-ring (bicyclic) bond motifs is 2. The second-order valence-corrected chi connectivity index (χ2v) is 8.75. The molecule has 10 heteroatoms. The molecule has 0 saturated carbocycles. The van der Waals surface area contributed by atoms with Gasteiger partial charge in [-0.05, 0) is 59.3 Å². The predicted octanol–water partition coefficient (Wildman–Crippen LogP) is 3.98. The number of benzene rings is 1. The number of ether oxygens (including phenoxy) is 1.